The lowest BCUT2D eigenvalue weighted by molar-refractivity contribution is -0.114. The summed E-state index contributed by atoms with van der Waals surface area (Å²) in [5.41, 5.74) is 2.62. The molecule has 0 saturated heterocycles. The molecule has 0 heterocycles. The van der Waals surface area contributed by atoms with Crippen LogP contribution in [0, 0.1) is 0 Å². The predicted octanol–water partition coefficient (Wildman–Crippen LogP) is 2.19. The molecule has 0 spiro atoms. The number of benzene rings is 2. The van der Waals surface area contributed by atoms with Crippen LogP contribution in [0.5, 0.6) is 0 Å². The molecule has 2 aromatic carbocycles. The predicted molar refractivity (Wildman–Crippen MR) is 98.6 cm³/mol. The van der Waals surface area contributed by atoms with E-state index < -0.39 is 10.0 Å². The molecule has 0 aromatic heterocycles. The van der Waals surface area contributed by atoms with E-state index in [0.29, 0.717) is 5.69 Å². The highest BCUT2D eigenvalue weighted by molar-refractivity contribution is 7.89. The number of carbonyl (C=O) groups is 1. The van der Waals surface area contributed by atoms with Crippen LogP contribution in [0.3, 0.4) is 0 Å². The number of hydrogen-bond donors (Lipinski definition) is 2. The summed E-state index contributed by atoms with van der Waals surface area (Å²) in [6.07, 6.45) is 0. The van der Waals surface area contributed by atoms with E-state index in [1.807, 2.05) is 38.4 Å². The Kier molecular flexibility index (Phi) is 6.30. The van der Waals surface area contributed by atoms with Gasteiger partial charge in [0.25, 0.3) is 0 Å². The van der Waals surface area contributed by atoms with Crippen molar-refractivity contribution in [1.29, 1.82) is 0 Å². The number of anilines is 1. The van der Waals surface area contributed by atoms with Gasteiger partial charge in [0.15, 0.2) is 0 Å². The van der Waals surface area contributed by atoms with Gasteiger partial charge in [-0.1, -0.05) is 24.3 Å². The third-order valence-electron chi connectivity index (χ3n) is 3.47. The number of rotatable bonds is 7. The first-order valence-corrected chi connectivity index (χ1v) is 9.34. The monoisotopic (exact) mass is 361 g/mol. The van der Waals surface area contributed by atoms with E-state index in [9.17, 15) is 13.2 Å². The average molecular weight is 361 g/mol. The fourth-order valence-corrected chi connectivity index (χ4v) is 3.33. The third-order valence-corrected chi connectivity index (χ3v) is 4.89. The van der Waals surface area contributed by atoms with E-state index in [0.717, 1.165) is 12.1 Å². The molecule has 0 radical (unpaired) electrons. The maximum Gasteiger partial charge on any atom is 0.240 e. The van der Waals surface area contributed by atoms with Crippen LogP contribution < -0.4 is 10.0 Å². The van der Waals surface area contributed by atoms with Crippen molar-refractivity contribution in [2.24, 2.45) is 0 Å². The Morgan fingerprint density at radius 1 is 0.960 bits per heavy atom. The van der Waals surface area contributed by atoms with Crippen LogP contribution in [0.25, 0.3) is 0 Å². The molecule has 0 bridgehead atoms. The molecule has 0 aliphatic heterocycles. The van der Waals surface area contributed by atoms with Crippen molar-refractivity contribution in [3.8, 4) is 0 Å². The maximum atomic E-state index is 12.3. The molecule has 0 fully saturated rings. The first kappa shape index (κ1) is 19.1. The molecular weight excluding hydrogens is 338 g/mol. The van der Waals surface area contributed by atoms with Gasteiger partial charge in [-0.2, -0.15) is 0 Å². The van der Waals surface area contributed by atoms with Crippen molar-refractivity contribution in [1.82, 2.24) is 9.62 Å². The number of sulfonamides is 1. The number of hydrogen-bond acceptors (Lipinski definition) is 4. The molecule has 0 saturated carbocycles. The molecule has 6 nitrogen and oxygen atoms in total. The summed E-state index contributed by atoms with van der Waals surface area (Å²) in [5, 5.41) is 2.60. The van der Waals surface area contributed by atoms with E-state index in [4.69, 9.17) is 0 Å². The zero-order valence-electron chi connectivity index (χ0n) is 14.6. The molecule has 0 atom stereocenters. The Bertz CT molecular complexity index is 814. The summed E-state index contributed by atoms with van der Waals surface area (Å²) in [6, 6.07) is 13.9. The van der Waals surface area contributed by atoms with Crippen molar-refractivity contribution in [3.05, 3.63) is 59.7 Å². The lowest BCUT2D eigenvalue weighted by Gasteiger charge is -2.11. The molecule has 0 aliphatic rings. The normalized spacial score (nSPS) is 11.5. The fraction of sp³-hybridized carbons (Fsp3) is 0.278. The van der Waals surface area contributed by atoms with E-state index in [1.54, 1.807) is 12.1 Å². The van der Waals surface area contributed by atoms with E-state index >= 15 is 0 Å². The molecule has 25 heavy (non-hydrogen) atoms. The molecule has 0 aliphatic carbocycles. The smallest absolute Gasteiger partial charge is 0.240 e. The molecule has 1 amide bonds. The molecule has 2 N–H and O–H groups in total. The second-order valence-corrected chi connectivity index (χ2v) is 7.85. The number of amides is 1. The van der Waals surface area contributed by atoms with Crippen LogP contribution in [0.15, 0.2) is 53.4 Å². The minimum atomic E-state index is -3.60. The second kappa shape index (κ2) is 8.24. The first-order chi connectivity index (χ1) is 11.8. The Hall–Kier alpha value is -2.22. The summed E-state index contributed by atoms with van der Waals surface area (Å²) in [5.74, 6) is -0.202. The Labute approximate surface area is 148 Å². The van der Waals surface area contributed by atoms with Gasteiger partial charge in [-0.25, -0.2) is 13.1 Å². The SMILES string of the molecule is CC(=O)Nc1ccc(S(=O)(=O)NCc2ccc(CN(C)C)cc2)cc1. The zero-order chi connectivity index (χ0) is 18.4. The van der Waals surface area contributed by atoms with Crippen LogP contribution in [0.2, 0.25) is 0 Å². The molecular formula is C18H23N3O3S. The molecule has 134 valence electrons. The van der Waals surface area contributed by atoms with Crippen LogP contribution in [-0.2, 0) is 27.9 Å². The quantitative estimate of drug-likeness (QED) is 0.792. The largest absolute Gasteiger partial charge is 0.326 e. The van der Waals surface area contributed by atoms with Crippen LogP contribution in [0.1, 0.15) is 18.1 Å². The van der Waals surface area contributed by atoms with Crippen molar-refractivity contribution >= 4 is 21.6 Å². The topological polar surface area (TPSA) is 78.5 Å². The van der Waals surface area contributed by atoms with Gasteiger partial charge < -0.3 is 10.2 Å². The Balaban J connectivity index is 2.00. The minimum Gasteiger partial charge on any atom is -0.326 e. The van der Waals surface area contributed by atoms with Crippen LogP contribution in [-0.4, -0.2) is 33.3 Å². The molecule has 0 unspecified atom stereocenters. The third kappa shape index (κ3) is 5.97. The summed E-state index contributed by atoms with van der Waals surface area (Å²) in [4.78, 5) is 13.2. The van der Waals surface area contributed by atoms with Crippen molar-refractivity contribution < 1.29 is 13.2 Å². The highest BCUT2D eigenvalue weighted by Gasteiger charge is 2.13. The number of carbonyl (C=O) groups excluding carboxylic acids is 1. The van der Waals surface area contributed by atoms with Gasteiger partial charge in [0.05, 0.1) is 4.90 Å². The van der Waals surface area contributed by atoms with Crippen LogP contribution in [0.4, 0.5) is 5.69 Å². The average Bonchev–Trinajstić information content (AvgIpc) is 2.54. The lowest BCUT2D eigenvalue weighted by atomic mass is 10.1. The van der Waals surface area contributed by atoms with Crippen molar-refractivity contribution in [2.75, 3.05) is 19.4 Å². The highest BCUT2D eigenvalue weighted by atomic mass is 32.2. The van der Waals surface area contributed by atoms with Gasteiger partial charge in [-0.15, -0.1) is 0 Å². The molecule has 7 heteroatoms. The standard InChI is InChI=1S/C18H23N3O3S/c1-14(22)20-17-8-10-18(11-9-17)25(23,24)19-12-15-4-6-16(7-5-15)13-21(2)3/h4-11,19H,12-13H2,1-3H3,(H,20,22). The zero-order valence-corrected chi connectivity index (χ0v) is 15.4. The summed E-state index contributed by atoms with van der Waals surface area (Å²) in [7, 11) is 0.395. The van der Waals surface area contributed by atoms with Gasteiger partial charge in [0.1, 0.15) is 0 Å². The summed E-state index contributed by atoms with van der Waals surface area (Å²) >= 11 is 0. The van der Waals surface area contributed by atoms with Gasteiger partial charge in [-0.05, 0) is 49.5 Å². The second-order valence-electron chi connectivity index (χ2n) is 6.08. The van der Waals surface area contributed by atoms with Gasteiger partial charge in [0.2, 0.25) is 15.9 Å². The summed E-state index contributed by atoms with van der Waals surface area (Å²) < 4.78 is 27.3. The van der Waals surface area contributed by atoms with Crippen molar-refractivity contribution in [3.63, 3.8) is 0 Å². The number of nitrogens with zero attached hydrogens (tertiary/aromatic N) is 1. The molecule has 2 aromatic rings. The lowest BCUT2D eigenvalue weighted by Crippen LogP contribution is -2.23. The first-order valence-electron chi connectivity index (χ1n) is 7.86. The van der Waals surface area contributed by atoms with E-state index in [2.05, 4.69) is 14.9 Å². The van der Waals surface area contributed by atoms with E-state index in [1.165, 1.54) is 24.6 Å². The Morgan fingerprint density at radius 2 is 1.52 bits per heavy atom. The fourth-order valence-electron chi connectivity index (χ4n) is 2.31. The number of nitrogens with one attached hydrogen (secondary N) is 2. The van der Waals surface area contributed by atoms with Gasteiger partial charge >= 0.3 is 0 Å². The van der Waals surface area contributed by atoms with Crippen molar-refractivity contribution in [2.45, 2.75) is 24.9 Å². The van der Waals surface area contributed by atoms with Gasteiger partial charge in [-0.3, -0.25) is 4.79 Å². The van der Waals surface area contributed by atoms with Gasteiger partial charge in [0, 0.05) is 25.7 Å². The highest BCUT2D eigenvalue weighted by Crippen LogP contribution is 2.15. The van der Waals surface area contributed by atoms with Crippen LogP contribution >= 0.6 is 0 Å². The molecule has 2 rings (SSSR count). The minimum absolute atomic E-state index is 0.158. The summed E-state index contributed by atoms with van der Waals surface area (Å²) in [6.45, 7) is 2.46. The van der Waals surface area contributed by atoms with E-state index in [-0.39, 0.29) is 17.3 Å². The maximum absolute atomic E-state index is 12.3. The Morgan fingerprint density at radius 3 is 2.04 bits per heavy atom.